The quantitative estimate of drug-likeness (QED) is 0.729. The topological polar surface area (TPSA) is 6.48 Å². The van der Waals surface area contributed by atoms with Crippen molar-refractivity contribution < 1.29 is 0 Å². The molecule has 22 heavy (non-hydrogen) atoms. The molecule has 2 aliphatic rings. The van der Waals surface area contributed by atoms with Crippen LogP contribution >= 0.6 is 0 Å². The van der Waals surface area contributed by atoms with Gasteiger partial charge in [-0.05, 0) is 77.8 Å². The van der Waals surface area contributed by atoms with Gasteiger partial charge in [-0.25, -0.2) is 0 Å². The third-order valence-electron chi connectivity index (χ3n) is 5.70. The minimum absolute atomic E-state index is 0.741. The van der Waals surface area contributed by atoms with E-state index in [1.165, 1.54) is 38.9 Å². The van der Waals surface area contributed by atoms with E-state index in [2.05, 4.69) is 65.2 Å². The highest BCUT2D eigenvalue weighted by Crippen LogP contribution is 2.25. The van der Waals surface area contributed by atoms with Crippen molar-refractivity contribution in [3.63, 3.8) is 0 Å². The first-order valence-electron chi connectivity index (χ1n) is 9.73. The van der Waals surface area contributed by atoms with Crippen LogP contribution in [0.5, 0.6) is 0 Å². The van der Waals surface area contributed by atoms with Crippen LogP contribution < -0.4 is 0 Å². The number of hydrogen-bond donors (Lipinski definition) is 0. The summed E-state index contributed by atoms with van der Waals surface area (Å²) < 4.78 is 0. The van der Waals surface area contributed by atoms with E-state index in [-0.39, 0.29) is 0 Å². The summed E-state index contributed by atoms with van der Waals surface area (Å²) in [7, 11) is 0. The van der Waals surface area contributed by atoms with Crippen LogP contribution in [0, 0.1) is 17.8 Å². The van der Waals surface area contributed by atoms with Gasteiger partial charge in [-0.2, -0.15) is 0 Å². The lowest BCUT2D eigenvalue weighted by molar-refractivity contribution is 0.166. The Hall–Kier alpha value is -0.0800. The van der Waals surface area contributed by atoms with Gasteiger partial charge >= 0.3 is 0 Å². The SMILES string of the molecule is CC(C)C1CCCN1C(C)C.CC(C)C1CCN(C(C)C)C1. The van der Waals surface area contributed by atoms with Crippen molar-refractivity contribution >= 4 is 0 Å². The molecule has 0 aromatic heterocycles. The molecule has 2 fully saturated rings. The van der Waals surface area contributed by atoms with Gasteiger partial charge in [0.05, 0.1) is 0 Å². The fourth-order valence-corrected chi connectivity index (χ4v) is 4.00. The van der Waals surface area contributed by atoms with Crippen molar-refractivity contribution in [3.8, 4) is 0 Å². The average molecular weight is 311 g/mol. The molecule has 0 aromatic rings. The van der Waals surface area contributed by atoms with Crippen molar-refractivity contribution in [1.29, 1.82) is 0 Å². The summed E-state index contributed by atoms with van der Waals surface area (Å²) in [4.78, 5) is 5.23. The number of nitrogens with zero attached hydrogens (tertiary/aromatic N) is 2. The van der Waals surface area contributed by atoms with Gasteiger partial charge < -0.3 is 4.90 Å². The maximum Gasteiger partial charge on any atom is 0.0121 e. The first-order valence-corrected chi connectivity index (χ1v) is 9.73. The molecular weight excluding hydrogens is 268 g/mol. The van der Waals surface area contributed by atoms with Crippen LogP contribution in [0.15, 0.2) is 0 Å². The van der Waals surface area contributed by atoms with Crippen LogP contribution in [-0.2, 0) is 0 Å². The maximum absolute atomic E-state index is 2.64. The minimum Gasteiger partial charge on any atom is -0.301 e. The van der Waals surface area contributed by atoms with Gasteiger partial charge in [0.1, 0.15) is 0 Å². The van der Waals surface area contributed by atoms with Gasteiger partial charge in [-0.15, -0.1) is 0 Å². The lowest BCUT2D eigenvalue weighted by Crippen LogP contribution is -2.38. The number of rotatable bonds is 4. The van der Waals surface area contributed by atoms with Crippen LogP contribution in [0.2, 0.25) is 0 Å². The second-order valence-corrected chi connectivity index (χ2v) is 8.67. The second-order valence-electron chi connectivity index (χ2n) is 8.67. The Morgan fingerprint density at radius 3 is 1.68 bits per heavy atom. The van der Waals surface area contributed by atoms with Gasteiger partial charge in [0, 0.05) is 24.7 Å². The van der Waals surface area contributed by atoms with E-state index < -0.39 is 0 Å². The van der Waals surface area contributed by atoms with E-state index in [9.17, 15) is 0 Å². The van der Waals surface area contributed by atoms with Crippen LogP contribution in [0.25, 0.3) is 0 Å². The zero-order chi connectivity index (χ0) is 16.9. The van der Waals surface area contributed by atoms with E-state index in [0.29, 0.717) is 0 Å². The maximum atomic E-state index is 2.64. The largest absolute Gasteiger partial charge is 0.301 e. The van der Waals surface area contributed by atoms with Gasteiger partial charge in [-0.3, -0.25) is 4.90 Å². The Bertz CT molecular complexity index is 268. The average Bonchev–Trinajstić information content (AvgIpc) is 3.09. The van der Waals surface area contributed by atoms with E-state index in [1.54, 1.807) is 0 Å². The molecule has 2 aliphatic heterocycles. The zero-order valence-corrected chi connectivity index (χ0v) is 16.6. The van der Waals surface area contributed by atoms with Gasteiger partial charge in [0.25, 0.3) is 0 Å². The Morgan fingerprint density at radius 1 is 0.727 bits per heavy atom. The van der Waals surface area contributed by atoms with Crippen LogP contribution in [0.4, 0.5) is 0 Å². The standard InChI is InChI=1S/2C10H21N/c1-8(2)10-5-6-11(7-10)9(3)4;1-8(2)10-6-5-7-11(10)9(3)4/h2*8-10H,5-7H2,1-4H3. The molecule has 0 aromatic carbocycles. The Kier molecular flexibility index (Phi) is 8.42. The predicted molar refractivity (Wildman–Crippen MR) is 99.4 cm³/mol. The summed E-state index contributed by atoms with van der Waals surface area (Å²) in [6.07, 6.45) is 4.23. The predicted octanol–water partition coefficient (Wildman–Crippen LogP) is 4.89. The summed E-state index contributed by atoms with van der Waals surface area (Å²) in [5.41, 5.74) is 0. The van der Waals surface area contributed by atoms with Gasteiger partial charge in [-0.1, -0.05) is 27.7 Å². The molecule has 0 saturated carbocycles. The summed E-state index contributed by atoms with van der Waals surface area (Å²) in [6.45, 7) is 22.5. The lowest BCUT2D eigenvalue weighted by atomic mass is 9.95. The minimum atomic E-state index is 0.741. The number of hydrogen-bond acceptors (Lipinski definition) is 2. The summed E-state index contributed by atoms with van der Waals surface area (Å²) in [5, 5.41) is 0. The molecule has 2 heteroatoms. The summed E-state index contributed by atoms with van der Waals surface area (Å²) in [5.74, 6) is 2.66. The molecular formula is C20H42N2. The Labute approximate surface area is 140 Å². The van der Waals surface area contributed by atoms with Crippen LogP contribution in [-0.4, -0.2) is 47.6 Å². The van der Waals surface area contributed by atoms with Crippen molar-refractivity contribution in [3.05, 3.63) is 0 Å². The highest BCUT2D eigenvalue weighted by molar-refractivity contribution is 4.83. The van der Waals surface area contributed by atoms with Crippen LogP contribution in [0.3, 0.4) is 0 Å². The van der Waals surface area contributed by atoms with Crippen molar-refractivity contribution in [2.45, 2.75) is 92.8 Å². The van der Waals surface area contributed by atoms with Crippen molar-refractivity contribution in [1.82, 2.24) is 9.80 Å². The Morgan fingerprint density at radius 2 is 1.36 bits per heavy atom. The van der Waals surface area contributed by atoms with Crippen molar-refractivity contribution in [2.24, 2.45) is 17.8 Å². The molecule has 0 radical (unpaired) electrons. The molecule has 0 aliphatic carbocycles. The molecule has 2 saturated heterocycles. The molecule has 0 amide bonds. The third-order valence-corrected chi connectivity index (χ3v) is 5.70. The fraction of sp³-hybridized carbons (Fsp3) is 1.00. The first kappa shape index (κ1) is 20.0. The molecule has 2 nitrogen and oxygen atoms in total. The first-order chi connectivity index (χ1) is 10.2. The van der Waals surface area contributed by atoms with Gasteiger partial charge in [0.2, 0.25) is 0 Å². The molecule has 2 unspecified atom stereocenters. The van der Waals surface area contributed by atoms with E-state index >= 15 is 0 Å². The monoisotopic (exact) mass is 310 g/mol. The van der Waals surface area contributed by atoms with Gasteiger partial charge in [0.15, 0.2) is 0 Å². The van der Waals surface area contributed by atoms with E-state index in [1.807, 2.05) is 0 Å². The normalized spacial score (nSPS) is 27.3. The van der Waals surface area contributed by atoms with Crippen molar-refractivity contribution in [2.75, 3.05) is 19.6 Å². The molecule has 0 N–H and O–H groups in total. The summed E-state index contributed by atoms with van der Waals surface area (Å²) in [6, 6.07) is 2.35. The smallest absolute Gasteiger partial charge is 0.0121 e. The molecule has 132 valence electrons. The molecule has 2 heterocycles. The van der Waals surface area contributed by atoms with Crippen LogP contribution in [0.1, 0.15) is 74.7 Å². The van der Waals surface area contributed by atoms with E-state index in [0.717, 1.165) is 35.9 Å². The second kappa shape index (κ2) is 9.27. The Balaban J connectivity index is 0.000000220. The molecule has 2 atom stereocenters. The highest BCUT2D eigenvalue weighted by atomic mass is 15.2. The zero-order valence-electron chi connectivity index (χ0n) is 16.6. The van der Waals surface area contributed by atoms with E-state index in [4.69, 9.17) is 0 Å². The molecule has 2 rings (SSSR count). The third kappa shape index (κ3) is 5.85. The number of likely N-dealkylation sites (tertiary alicyclic amines) is 2. The summed E-state index contributed by atoms with van der Waals surface area (Å²) >= 11 is 0. The lowest BCUT2D eigenvalue weighted by Gasteiger charge is -2.30. The molecule has 0 bridgehead atoms. The fourth-order valence-electron chi connectivity index (χ4n) is 4.00. The highest BCUT2D eigenvalue weighted by Gasteiger charge is 2.28. The molecule has 0 spiro atoms.